The summed E-state index contributed by atoms with van der Waals surface area (Å²) >= 11 is 0. The Morgan fingerprint density at radius 1 is 1.42 bits per heavy atom. The molecule has 0 aromatic carbocycles. The van der Waals surface area contributed by atoms with Crippen LogP contribution >= 0.6 is 0 Å². The van der Waals surface area contributed by atoms with Gasteiger partial charge in [0.15, 0.2) is 0 Å². The van der Waals surface area contributed by atoms with E-state index in [9.17, 15) is 0 Å². The van der Waals surface area contributed by atoms with E-state index in [0.717, 1.165) is 19.5 Å². The molecule has 1 aliphatic carbocycles. The van der Waals surface area contributed by atoms with E-state index in [2.05, 4.69) is 18.2 Å². The lowest BCUT2D eigenvalue weighted by atomic mass is 9.89. The first-order valence-electron chi connectivity index (χ1n) is 4.91. The Labute approximate surface area is 75.9 Å². The number of terminal acetylenes is 1. The molecule has 0 spiro atoms. The molecule has 1 nitrogen and oxygen atoms in total. The van der Waals surface area contributed by atoms with Crippen molar-refractivity contribution in [2.45, 2.75) is 39.0 Å². The molecule has 0 unspecified atom stereocenters. The monoisotopic (exact) mass is 165 g/mol. The number of nitrogens with one attached hydrogen (secondary N) is 1. The summed E-state index contributed by atoms with van der Waals surface area (Å²) in [5.41, 5.74) is 0.564. The molecule has 0 atom stereocenters. The SMILES string of the molecule is C#CCCNCC1(C)CCCC1. The second-order valence-corrected chi connectivity index (χ2v) is 4.15. The van der Waals surface area contributed by atoms with Crippen molar-refractivity contribution >= 4 is 0 Å². The molecule has 1 rings (SSSR count). The van der Waals surface area contributed by atoms with Gasteiger partial charge >= 0.3 is 0 Å². The Hall–Kier alpha value is -0.480. The van der Waals surface area contributed by atoms with E-state index in [1.165, 1.54) is 25.7 Å². The Morgan fingerprint density at radius 2 is 2.08 bits per heavy atom. The number of hydrogen-bond acceptors (Lipinski definition) is 1. The van der Waals surface area contributed by atoms with Crippen molar-refractivity contribution in [3.63, 3.8) is 0 Å². The molecule has 1 aliphatic rings. The first kappa shape index (κ1) is 9.61. The van der Waals surface area contributed by atoms with E-state index < -0.39 is 0 Å². The maximum absolute atomic E-state index is 5.17. The molecule has 0 amide bonds. The predicted octanol–water partition coefficient (Wildman–Crippen LogP) is 2.18. The van der Waals surface area contributed by atoms with Crippen LogP contribution in [0.25, 0.3) is 0 Å². The zero-order chi connectivity index (χ0) is 8.86. The van der Waals surface area contributed by atoms with Gasteiger partial charge in [0.2, 0.25) is 0 Å². The molecule has 0 aromatic heterocycles. The number of rotatable bonds is 4. The summed E-state index contributed by atoms with van der Waals surface area (Å²) in [4.78, 5) is 0. The van der Waals surface area contributed by atoms with Crippen LogP contribution in [-0.4, -0.2) is 13.1 Å². The molecular weight excluding hydrogens is 146 g/mol. The lowest BCUT2D eigenvalue weighted by molar-refractivity contribution is 0.317. The largest absolute Gasteiger partial charge is 0.315 e. The molecule has 0 aromatic rings. The van der Waals surface area contributed by atoms with Gasteiger partial charge in [0.25, 0.3) is 0 Å². The van der Waals surface area contributed by atoms with Crippen LogP contribution in [0.5, 0.6) is 0 Å². The van der Waals surface area contributed by atoms with Crippen molar-refractivity contribution in [3.05, 3.63) is 0 Å². The van der Waals surface area contributed by atoms with Crippen LogP contribution in [0.15, 0.2) is 0 Å². The highest BCUT2D eigenvalue weighted by atomic mass is 14.9. The Balaban J connectivity index is 2.09. The first-order chi connectivity index (χ1) is 5.77. The minimum atomic E-state index is 0.564. The Bertz CT molecular complexity index is 160. The first-order valence-corrected chi connectivity index (χ1v) is 4.91. The van der Waals surface area contributed by atoms with Gasteiger partial charge in [0.05, 0.1) is 0 Å². The number of hydrogen-bond donors (Lipinski definition) is 1. The topological polar surface area (TPSA) is 12.0 Å². The van der Waals surface area contributed by atoms with Crippen LogP contribution in [0.3, 0.4) is 0 Å². The van der Waals surface area contributed by atoms with Crippen molar-refractivity contribution in [1.82, 2.24) is 5.32 Å². The summed E-state index contributed by atoms with van der Waals surface area (Å²) in [6.07, 6.45) is 11.6. The summed E-state index contributed by atoms with van der Waals surface area (Å²) in [7, 11) is 0. The summed E-state index contributed by atoms with van der Waals surface area (Å²) in [5.74, 6) is 2.64. The van der Waals surface area contributed by atoms with Crippen LogP contribution in [0.1, 0.15) is 39.0 Å². The van der Waals surface area contributed by atoms with Crippen LogP contribution in [0.2, 0.25) is 0 Å². The second-order valence-electron chi connectivity index (χ2n) is 4.15. The van der Waals surface area contributed by atoms with E-state index in [-0.39, 0.29) is 0 Å². The second kappa shape index (κ2) is 4.52. The van der Waals surface area contributed by atoms with E-state index in [0.29, 0.717) is 5.41 Å². The normalized spacial score (nSPS) is 20.7. The van der Waals surface area contributed by atoms with E-state index in [4.69, 9.17) is 6.42 Å². The third kappa shape index (κ3) is 2.87. The fourth-order valence-electron chi connectivity index (χ4n) is 1.96. The van der Waals surface area contributed by atoms with Gasteiger partial charge in [-0.05, 0) is 18.3 Å². The molecule has 1 fully saturated rings. The van der Waals surface area contributed by atoms with Gasteiger partial charge in [-0.3, -0.25) is 0 Å². The Kier molecular flexibility index (Phi) is 3.62. The summed E-state index contributed by atoms with van der Waals surface area (Å²) in [5, 5.41) is 3.43. The zero-order valence-electron chi connectivity index (χ0n) is 8.03. The van der Waals surface area contributed by atoms with Crippen molar-refractivity contribution < 1.29 is 0 Å². The maximum atomic E-state index is 5.17. The highest BCUT2D eigenvalue weighted by Gasteiger charge is 2.27. The maximum Gasteiger partial charge on any atom is 0.0211 e. The van der Waals surface area contributed by atoms with Gasteiger partial charge in [-0.15, -0.1) is 12.3 Å². The summed E-state index contributed by atoms with van der Waals surface area (Å²) < 4.78 is 0. The van der Waals surface area contributed by atoms with Gasteiger partial charge < -0.3 is 5.32 Å². The highest BCUT2D eigenvalue weighted by molar-refractivity contribution is 4.86. The van der Waals surface area contributed by atoms with Crippen molar-refractivity contribution in [1.29, 1.82) is 0 Å². The van der Waals surface area contributed by atoms with Crippen LogP contribution < -0.4 is 5.32 Å². The minimum absolute atomic E-state index is 0.564. The average Bonchev–Trinajstić information content (AvgIpc) is 2.47. The van der Waals surface area contributed by atoms with Gasteiger partial charge in [-0.2, -0.15) is 0 Å². The molecule has 0 saturated heterocycles. The smallest absolute Gasteiger partial charge is 0.0211 e. The zero-order valence-corrected chi connectivity index (χ0v) is 8.03. The molecule has 1 heteroatoms. The van der Waals surface area contributed by atoms with Crippen LogP contribution in [-0.2, 0) is 0 Å². The average molecular weight is 165 g/mol. The quantitative estimate of drug-likeness (QED) is 0.497. The molecule has 12 heavy (non-hydrogen) atoms. The van der Waals surface area contributed by atoms with E-state index >= 15 is 0 Å². The fourth-order valence-corrected chi connectivity index (χ4v) is 1.96. The standard InChI is InChI=1S/C11H19N/c1-3-4-9-12-10-11(2)7-5-6-8-11/h1,12H,4-10H2,2H3. The third-order valence-corrected chi connectivity index (χ3v) is 2.81. The van der Waals surface area contributed by atoms with Gasteiger partial charge in [0, 0.05) is 19.5 Å². The molecule has 0 heterocycles. The van der Waals surface area contributed by atoms with E-state index in [1.54, 1.807) is 0 Å². The lowest BCUT2D eigenvalue weighted by Crippen LogP contribution is -2.29. The molecular formula is C11H19N. The van der Waals surface area contributed by atoms with Crippen LogP contribution in [0, 0.1) is 17.8 Å². The molecule has 1 N–H and O–H groups in total. The fraction of sp³-hybridized carbons (Fsp3) is 0.818. The van der Waals surface area contributed by atoms with Gasteiger partial charge in [0.1, 0.15) is 0 Å². The highest BCUT2D eigenvalue weighted by Crippen LogP contribution is 2.36. The van der Waals surface area contributed by atoms with Crippen molar-refractivity contribution in [3.8, 4) is 12.3 Å². The van der Waals surface area contributed by atoms with Gasteiger partial charge in [-0.1, -0.05) is 19.8 Å². The summed E-state index contributed by atoms with van der Waals surface area (Å²) in [6.45, 7) is 4.50. The van der Waals surface area contributed by atoms with E-state index in [1.807, 2.05) is 0 Å². The molecule has 0 radical (unpaired) electrons. The van der Waals surface area contributed by atoms with Crippen molar-refractivity contribution in [2.24, 2.45) is 5.41 Å². The third-order valence-electron chi connectivity index (χ3n) is 2.81. The molecule has 0 aliphatic heterocycles. The summed E-state index contributed by atoms with van der Waals surface area (Å²) in [6, 6.07) is 0. The molecule has 68 valence electrons. The van der Waals surface area contributed by atoms with Crippen molar-refractivity contribution in [2.75, 3.05) is 13.1 Å². The molecule has 0 bridgehead atoms. The lowest BCUT2D eigenvalue weighted by Gasteiger charge is -2.23. The predicted molar refractivity (Wildman–Crippen MR) is 52.9 cm³/mol. The van der Waals surface area contributed by atoms with Crippen LogP contribution in [0.4, 0.5) is 0 Å². The van der Waals surface area contributed by atoms with Gasteiger partial charge in [-0.25, -0.2) is 0 Å². The Morgan fingerprint density at radius 3 is 2.67 bits per heavy atom. The minimum Gasteiger partial charge on any atom is -0.315 e. The molecule has 1 saturated carbocycles.